The quantitative estimate of drug-likeness (QED) is 0.870. The first-order valence-corrected chi connectivity index (χ1v) is 6.72. The molecule has 2 heterocycles. The monoisotopic (exact) mass is 259 g/mol. The minimum atomic E-state index is 0.632. The molecule has 2 fully saturated rings. The van der Waals surface area contributed by atoms with Crippen LogP contribution in [0, 0.1) is 11.8 Å². The second-order valence-electron chi connectivity index (χ2n) is 5.18. The van der Waals surface area contributed by atoms with Crippen molar-refractivity contribution >= 4 is 28.2 Å². The Morgan fingerprint density at radius 3 is 2.89 bits per heavy atom. The van der Waals surface area contributed by atoms with Crippen molar-refractivity contribution < 1.29 is 0 Å². The number of fused-ring (bicyclic) bond motifs is 2. The molecule has 1 aliphatic heterocycles. The number of hydrogen-bond donors (Lipinski definition) is 2. The van der Waals surface area contributed by atoms with E-state index in [0.717, 1.165) is 40.9 Å². The van der Waals surface area contributed by atoms with Gasteiger partial charge in [-0.1, -0.05) is 11.6 Å². The van der Waals surface area contributed by atoms with Gasteiger partial charge in [0.15, 0.2) is 0 Å². The Kier molecular flexibility index (Phi) is 2.26. The van der Waals surface area contributed by atoms with Crippen LogP contribution < -0.4 is 10.6 Å². The molecule has 2 N–H and O–H groups in total. The summed E-state index contributed by atoms with van der Waals surface area (Å²) in [6, 6.07) is 8.57. The maximum atomic E-state index is 6.00. The second-order valence-corrected chi connectivity index (χ2v) is 5.61. The molecule has 0 radical (unpaired) electrons. The summed E-state index contributed by atoms with van der Waals surface area (Å²) >= 11 is 6.00. The summed E-state index contributed by atoms with van der Waals surface area (Å²) in [5.74, 6) is 1.61. The largest absolute Gasteiger partial charge is 0.381 e. The van der Waals surface area contributed by atoms with Gasteiger partial charge < -0.3 is 10.6 Å². The SMILES string of the molecule is Clc1ccc2c(NC3C4CNCC43)ccnc2c1. The third kappa shape index (κ3) is 1.58. The molecule has 0 amide bonds. The molecule has 92 valence electrons. The third-order valence-electron chi connectivity index (χ3n) is 4.12. The molecule has 18 heavy (non-hydrogen) atoms. The van der Waals surface area contributed by atoms with E-state index in [1.54, 1.807) is 0 Å². The van der Waals surface area contributed by atoms with Gasteiger partial charge in [0.05, 0.1) is 5.52 Å². The maximum Gasteiger partial charge on any atom is 0.0737 e. The van der Waals surface area contributed by atoms with Gasteiger partial charge in [-0.2, -0.15) is 0 Å². The Morgan fingerprint density at radius 2 is 2.06 bits per heavy atom. The summed E-state index contributed by atoms with van der Waals surface area (Å²) in [6.45, 7) is 2.30. The summed E-state index contributed by atoms with van der Waals surface area (Å²) in [6.07, 6.45) is 1.84. The van der Waals surface area contributed by atoms with Crippen LogP contribution in [0.5, 0.6) is 0 Å². The fourth-order valence-corrected chi connectivity index (χ4v) is 3.23. The van der Waals surface area contributed by atoms with Gasteiger partial charge in [-0.05, 0) is 36.1 Å². The lowest BCUT2D eigenvalue weighted by Gasteiger charge is -2.11. The summed E-state index contributed by atoms with van der Waals surface area (Å²) in [5.41, 5.74) is 2.13. The number of aromatic nitrogens is 1. The minimum Gasteiger partial charge on any atom is -0.381 e. The molecule has 2 unspecified atom stereocenters. The van der Waals surface area contributed by atoms with Gasteiger partial charge >= 0.3 is 0 Å². The van der Waals surface area contributed by atoms with Crippen LogP contribution in [0.25, 0.3) is 10.9 Å². The van der Waals surface area contributed by atoms with Crippen molar-refractivity contribution in [1.82, 2.24) is 10.3 Å². The predicted octanol–water partition coefficient (Wildman–Crippen LogP) is 2.52. The molecular weight excluding hydrogens is 246 g/mol. The number of nitrogens with zero attached hydrogens (tertiary/aromatic N) is 1. The number of halogens is 1. The Labute approximate surface area is 111 Å². The van der Waals surface area contributed by atoms with Gasteiger partial charge in [0.1, 0.15) is 0 Å². The summed E-state index contributed by atoms with van der Waals surface area (Å²) in [4.78, 5) is 4.37. The van der Waals surface area contributed by atoms with Crippen molar-refractivity contribution in [2.75, 3.05) is 18.4 Å². The predicted molar refractivity (Wildman–Crippen MR) is 74.0 cm³/mol. The standard InChI is InChI=1S/C14H14ClN3/c15-8-1-2-9-12(3-4-17-13(9)5-8)18-14-10-6-16-7-11(10)14/h1-5,10-11,14,16H,6-7H2,(H,17,18). The van der Waals surface area contributed by atoms with E-state index in [1.165, 1.54) is 5.69 Å². The number of rotatable bonds is 2. The highest BCUT2D eigenvalue weighted by Gasteiger charge is 2.52. The van der Waals surface area contributed by atoms with Crippen LogP contribution in [-0.4, -0.2) is 24.1 Å². The molecule has 2 aromatic rings. The van der Waals surface area contributed by atoms with Crippen molar-refractivity contribution in [3.05, 3.63) is 35.5 Å². The fourth-order valence-electron chi connectivity index (χ4n) is 3.06. The summed E-state index contributed by atoms with van der Waals surface area (Å²) in [7, 11) is 0. The Hall–Kier alpha value is -1.32. The van der Waals surface area contributed by atoms with Crippen molar-refractivity contribution in [2.24, 2.45) is 11.8 Å². The van der Waals surface area contributed by atoms with E-state index in [0.29, 0.717) is 6.04 Å². The lowest BCUT2D eigenvalue weighted by Crippen LogP contribution is -2.21. The molecule has 1 aliphatic carbocycles. The van der Waals surface area contributed by atoms with Crippen LogP contribution in [0.3, 0.4) is 0 Å². The molecule has 4 rings (SSSR count). The van der Waals surface area contributed by atoms with E-state index < -0.39 is 0 Å². The molecule has 2 aliphatic rings. The number of benzene rings is 1. The van der Waals surface area contributed by atoms with E-state index in [-0.39, 0.29) is 0 Å². The van der Waals surface area contributed by atoms with E-state index >= 15 is 0 Å². The summed E-state index contributed by atoms with van der Waals surface area (Å²) < 4.78 is 0. The summed E-state index contributed by atoms with van der Waals surface area (Å²) in [5, 5.41) is 8.96. The fraction of sp³-hybridized carbons (Fsp3) is 0.357. The second kappa shape index (κ2) is 3.84. The highest BCUT2D eigenvalue weighted by atomic mass is 35.5. The van der Waals surface area contributed by atoms with E-state index in [9.17, 15) is 0 Å². The van der Waals surface area contributed by atoms with Crippen LogP contribution in [0.4, 0.5) is 5.69 Å². The van der Waals surface area contributed by atoms with Crippen LogP contribution >= 0.6 is 11.6 Å². The Balaban J connectivity index is 1.68. The zero-order chi connectivity index (χ0) is 12.1. The van der Waals surface area contributed by atoms with Crippen molar-refractivity contribution in [3.8, 4) is 0 Å². The van der Waals surface area contributed by atoms with E-state index in [4.69, 9.17) is 11.6 Å². The minimum absolute atomic E-state index is 0.632. The number of hydrogen-bond acceptors (Lipinski definition) is 3. The third-order valence-corrected chi connectivity index (χ3v) is 4.35. The average molecular weight is 260 g/mol. The van der Waals surface area contributed by atoms with Gasteiger partial charge in [0, 0.05) is 41.4 Å². The smallest absolute Gasteiger partial charge is 0.0737 e. The van der Waals surface area contributed by atoms with Crippen molar-refractivity contribution in [3.63, 3.8) is 0 Å². The normalized spacial score (nSPS) is 29.3. The van der Waals surface area contributed by atoms with Gasteiger partial charge in [-0.25, -0.2) is 0 Å². The zero-order valence-corrected chi connectivity index (χ0v) is 10.6. The van der Waals surface area contributed by atoms with Crippen molar-refractivity contribution in [1.29, 1.82) is 0 Å². The van der Waals surface area contributed by atoms with Gasteiger partial charge in [-0.15, -0.1) is 0 Å². The zero-order valence-electron chi connectivity index (χ0n) is 9.86. The maximum absolute atomic E-state index is 6.00. The average Bonchev–Trinajstić information content (AvgIpc) is 2.83. The number of anilines is 1. The number of nitrogens with one attached hydrogen (secondary N) is 2. The first-order chi connectivity index (χ1) is 8.83. The van der Waals surface area contributed by atoms with Crippen LogP contribution in [0.1, 0.15) is 0 Å². The topological polar surface area (TPSA) is 37.0 Å². The molecule has 1 saturated heterocycles. The molecule has 0 spiro atoms. The highest BCUT2D eigenvalue weighted by Crippen LogP contribution is 2.44. The van der Waals surface area contributed by atoms with Crippen LogP contribution in [-0.2, 0) is 0 Å². The van der Waals surface area contributed by atoms with Gasteiger partial charge in [-0.3, -0.25) is 4.98 Å². The van der Waals surface area contributed by atoms with Gasteiger partial charge in [0.2, 0.25) is 0 Å². The molecule has 4 heteroatoms. The van der Waals surface area contributed by atoms with Gasteiger partial charge in [0.25, 0.3) is 0 Å². The number of pyridine rings is 1. The molecule has 1 aromatic heterocycles. The van der Waals surface area contributed by atoms with Crippen LogP contribution in [0.15, 0.2) is 30.5 Å². The first kappa shape index (κ1) is 10.6. The van der Waals surface area contributed by atoms with E-state index in [1.807, 2.05) is 24.4 Å². The molecule has 0 bridgehead atoms. The Morgan fingerprint density at radius 1 is 1.22 bits per heavy atom. The molecule has 1 saturated carbocycles. The first-order valence-electron chi connectivity index (χ1n) is 6.34. The molecule has 1 aromatic carbocycles. The lowest BCUT2D eigenvalue weighted by atomic mass is 10.2. The van der Waals surface area contributed by atoms with E-state index in [2.05, 4.69) is 21.7 Å². The molecular formula is C14H14ClN3. The van der Waals surface area contributed by atoms with Crippen LogP contribution in [0.2, 0.25) is 5.02 Å². The molecule has 2 atom stereocenters. The number of piperidine rings is 1. The highest BCUT2D eigenvalue weighted by molar-refractivity contribution is 6.31. The molecule has 3 nitrogen and oxygen atoms in total. The Bertz CT molecular complexity index is 603. The van der Waals surface area contributed by atoms with Crippen molar-refractivity contribution in [2.45, 2.75) is 6.04 Å². The lowest BCUT2D eigenvalue weighted by molar-refractivity contribution is 0.697.